The maximum atomic E-state index is 12.4. The maximum absolute atomic E-state index is 12.4. The summed E-state index contributed by atoms with van der Waals surface area (Å²) in [5.74, 6) is 0.154. The van der Waals surface area contributed by atoms with Crippen molar-refractivity contribution in [3.8, 4) is 0 Å². The maximum Gasteiger partial charge on any atom is 0.258 e. The van der Waals surface area contributed by atoms with Gasteiger partial charge in [-0.1, -0.05) is 35.4 Å². The van der Waals surface area contributed by atoms with Crippen LogP contribution in [0.4, 0.5) is 17.3 Å². The molecular formula is C20H19ClN4O. The molecule has 0 unspecified atom stereocenters. The van der Waals surface area contributed by atoms with Crippen molar-refractivity contribution in [2.75, 3.05) is 10.6 Å². The van der Waals surface area contributed by atoms with Gasteiger partial charge in [-0.15, -0.1) is 0 Å². The van der Waals surface area contributed by atoms with Crippen LogP contribution in [-0.2, 0) is 0 Å². The highest BCUT2D eigenvalue weighted by Crippen LogP contribution is 2.21. The zero-order valence-electron chi connectivity index (χ0n) is 14.8. The smallest absolute Gasteiger partial charge is 0.258 e. The van der Waals surface area contributed by atoms with Crippen LogP contribution in [0.25, 0.3) is 0 Å². The highest BCUT2D eigenvalue weighted by atomic mass is 35.5. The Bertz CT molecular complexity index is 955. The van der Waals surface area contributed by atoms with E-state index in [2.05, 4.69) is 26.7 Å². The zero-order chi connectivity index (χ0) is 18.7. The molecule has 1 aromatic heterocycles. The Morgan fingerprint density at radius 3 is 2.35 bits per heavy atom. The molecular weight excluding hydrogens is 348 g/mol. The monoisotopic (exact) mass is 366 g/mol. The Kier molecular flexibility index (Phi) is 5.19. The molecule has 0 spiro atoms. The van der Waals surface area contributed by atoms with E-state index in [-0.39, 0.29) is 5.91 Å². The fourth-order valence-corrected chi connectivity index (χ4v) is 2.68. The van der Waals surface area contributed by atoms with E-state index in [1.54, 1.807) is 12.1 Å². The number of hydrogen-bond acceptors (Lipinski definition) is 4. The molecule has 2 aromatic carbocycles. The summed E-state index contributed by atoms with van der Waals surface area (Å²) in [6, 6.07) is 11.4. The summed E-state index contributed by atoms with van der Waals surface area (Å²) in [7, 11) is 0. The lowest BCUT2D eigenvalue weighted by Crippen LogP contribution is -2.14. The van der Waals surface area contributed by atoms with E-state index in [0.29, 0.717) is 22.2 Å². The Morgan fingerprint density at radius 2 is 1.65 bits per heavy atom. The van der Waals surface area contributed by atoms with Crippen LogP contribution in [0.1, 0.15) is 27.0 Å². The van der Waals surface area contributed by atoms with Crippen LogP contribution in [0.15, 0.2) is 48.8 Å². The van der Waals surface area contributed by atoms with Crippen LogP contribution in [0, 0.1) is 20.8 Å². The first kappa shape index (κ1) is 17.9. The lowest BCUT2D eigenvalue weighted by atomic mass is 10.1. The molecule has 3 aromatic rings. The minimum atomic E-state index is -0.284. The quantitative estimate of drug-likeness (QED) is 0.678. The van der Waals surface area contributed by atoms with Crippen molar-refractivity contribution in [2.45, 2.75) is 20.8 Å². The van der Waals surface area contributed by atoms with Gasteiger partial charge < -0.3 is 10.6 Å². The first-order valence-electron chi connectivity index (χ1n) is 8.16. The summed E-state index contributed by atoms with van der Waals surface area (Å²) in [5.41, 5.74) is 5.19. The van der Waals surface area contributed by atoms with E-state index in [0.717, 1.165) is 16.8 Å². The number of nitrogens with zero attached hydrogens (tertiary/aromatic N) is 2. The van der Waals surface area contributed by atoms with Crippen LogP contribution >= 0.6 is 11.6 Å². The van der Waals surface area contributed by atoms with Crippen molar-refractivity contribution < 1.29 is 4.79 Å². The van der Waals surface area contributed by atoms with Gasteiger partial charge in [0.1, 0.15) is 0 Å². The first-order valence-corrected chi connectivity index (χ1v) is 8.54. The van der Waals surface area contributed by atoms with Crippen LogP contribution < -0.4 is 10.6 Å². The summed E-state index contributed by atoms with van der Waals surface area (Å²) >= 11 is 5.98. The Labute approximate surface area is 157 Å². The fourth-order valence-electron chi connectivity index (χ4n) is 2.51. The Balaban J connectivity index is 1.72. The van der Waals surface area contributed by atoms with Crippen molar-refractivity contribution >= 4 is 34.8 Å². The molecule has 3 rings (SSSR count). The Morgan fingerprint density at radius 1 is 0.923 bits per heavy atom. The summed E-state index contributed by atoms with van der Waals surface area (Å²) in [6.45, 7) is 5.96. The molecule has 1 amide bonds. The number of halogens is 1. The van der Waals surface area contributed by atoms with Gasteiger partial charge in [-0.2, -0.15) is 0 Å². The number of carbonyl (C=O) groups excluding carboxylic acids is 1. The van der Waals surface area contributed by atoms with Crippen LogP contribution in [0.3, 0.4) is 0 Å². The zero-order valence-corrected chi connectivity index (χ0v) is 15.6. The number of carbonyl (C=O) groups is 1. The van der Waals surface area contributed by atoms with Crippen LogP contribution in [-0.4, -0.2) is 15.9 Å². The summed E-state index contributed by atoms with van der Waals surface area (Å²) < 4.78 is 0. The number of nitrogens with one attached hydrogen (secondary N) is 2. The number of aromatic nitrogens is 2. The second-order valence-corrected chi connectivity index (χ2v) is 6.59. The molecule has 1 heterocycles. The number of benzene rings is 2. The van der Waals surface area contributed by atoms with Gasteiger partial charge in [0.15, 0.2) is 0 Å². The predicted octanol–water partition coefficient (Wildman–Crippen LogP) is 5.05. The molecule has 0 radical (unpaired) electrons. The van der Waals surface area contributed by atoms with Gasteiger partial charge in [-0.25, -0.2) is 9.97 Å². The molecule has 0 atom stereocenters. The molecule has 5 nitrogen and oxygen atoms in total. The largest absolute Gasteiger partial charge is 0.324 e. The van der Waals surface area contributed by atoms with Crippen molar-refractivity contribution in [1.82, 2.24) is 9.97 Å². The summed E-state index contributed by atoms with van der Waals surface area (Å²) in [6.07, 6.45) is 2.99. The third-order valence-electron chi connectivity index (χ3n) is 3.99. The van der Waals surface area contributed by atoms with Crippen molar-refractivity contribution in [3.63, 3.8) is 0 Å². The molecule has 0 aliphatic heterocycles. The highest BCUT2D eigenvalue weighted by Gasteiger charge is 2.10. The lowest BCUT2D eigenvalue weighted by molar-refractivity contribution is 0.102. The normalized spacial score (nSPS) is 10.5. The van der Waals surface area contributed by atoms with Crippen LogP contribution in [0.2, 0.25) is 5.02 Å². The molecule has 2 N–H and O–H groups in total. The van der Waals surface area contributed by atoms with Gasteiger partial charge in [0, 0.05) is 28.8 Å². The van der Waals surface area contributed by atoms with E-state index in [1.165, 1.54) is 18.0 Å². The molecule has 0 aliphatic carbocycles. The van der Waals surface area contributed by atoms with Gasteiger partial charge in [0.05, 0.1) is 5.56 Å². The SMILES string of the molecule is Cc1ccc(Nc2ncc(C(=O)Nc3cc(Cl)ccc3C)cn2)c(C)c1. The van der Waals surface area contributed by atoms with E-state index in [9.17, 15) is 4.79 Å². The number of anilines is 3. The van der Waals surface area contributed by atoms with Crippen molar-refractivity contribution in [2.24, 2.45) is 0 Å². The first-order chi connectivity index (χ1) is 12.4. The van der Waals surface area contributed by atoms with Crippen molar-refractivity contribution in [1.29, 1.82) is 0 Å². The third kappa shape index (κ3) is 4.18. The molecule has 0 bridgehead atoms. The second kappa shape index (κ2) is 7.54. The molecule has 26 heavy (non-hydrogen) atoms. The standard InChI is InChI=1S/C20H19ClN4O/c1-12-4-7-17(14(3)8-12)25-20-22-10-15(11-23-20)19(26)24-18-9-16(21)6-5-13(18)2/h4-11H,1-3H3,(H,24,26)(H,22,23,25). The molecule has 0 aliphatic rings. The van der Waals surface area contributed by atoms with Gasteiger partial charge in [-0.05, 0) is 50.1 Å². The number of rotatable bonds is 4. The lowest BCUT2D eigenvalue weighted by Gasteiger charge is -2.10. The number of aryl methyl sites for hydroxylation is 3. The molecule has 0 fully saturated rings. The fraction of sp³-hybridized carbons (Fsp3) is 0.150. The highest BCUT2D eigenvalue weighted by molar-refractivity contribution is 6.31. The summed E-state index contributed by atoms with van der Waals surface area (Å²) in [4.78, 5) is 20.8. The van der Waals surface area contributed by atoms with E-state index in [4.69, 9.17) is 11.6 Å². The predicted molar refractivity (Wildman–Crippen MR) is 105 cm³/mol. The molecule has 0 saturated carbocycles. The average molecular weight is 367 g/mol. The number of hydrogen-bond donors (Lipinski definition) is 2. The minimum Gasteiger partial charge on any atom is -0.324 e. The van der Waals surface area contributed by atoms with Crippen molar-refractivity contribution in [3.05, 3.63) is 76.1 Å². The Hall–Kier alpha value is -2.92. The molecule has 132 valence electrons. The van der Waals surface area contributed by atoms with Crippen LogP contribution in [0.5, 0.6) is 0 Å². The summed E-state index contributed by atoms with van der Waals surface area (Å²) in [5, 5.41) is 6.55. The average Bonchev–Trinajstić information content (AvgIpc) is 2.61. The number of amides is 1. The van der Waals surface area contributed by atoms with Gasteiger partial charge >= 0.3 is 0 Å². The van der Waals surface area contributed by atoms with E-state index >= 15 is 0 Å². The second-order valence-electron chi connectivity index (χ2n) is 6.15. The molecule has 0 saturated heterocycles. The molecule has 6 heteroatoms. The third-order valence-corrected chi connectivity index (χ3v) is 4.23. The van der Waals surface area contributed by atoms with Gasteiger partial charge in [0.2, 0.25) is 5.95 Å². The van der Waals surface area contributed by atoms with E-state index in [1.807, 2.05) is 39.0 Å². The van der Waals surface area contributed by atoms with Gasteiger partial charge in [0.25, 0.3) is 5.91 Å². The topological polar surface area (TPSA) is 66.9 Å². The minimum absolute atomic E-state index is 0.284. The van der Waals surface area contributed by atoms with E-state index < -0.39 is 0 Å². The van der Waals surface area contributed by atoms with Gasteiger partial charge in [-0.3, -0.25) is 4.79 Å².